The smallest absolute Gasteiger partial charge is 0.418 e. The predicted molar refractivity (Wildman–Crippen MR) is 142 cm³/mol. The summed E-state index contributed by atoms with van der Waals surface area (Å²) in [6.45, 7) is 11.3. The SMILES string of the molecule is CCCCOCCc1ccn(C(=O)OC(C)C)c1CCCOc1ccc(CC(OC(C)C)C(=O)O)cc1. The zero-order valence-electron chi connectivity index (χ0n) is 22.9. The summed E-state index contributed by atoms with van der Waals surface area (Å²) < 4.78 is 24.1. The maximum Gasteiger partial charge on any atom is 0.418 e. The van der Waals surface area contributed by atoms with Crippen molar-refractivity contribution in [3.63, 3.8) is 0 Å². The molecule has 0 aliphatic heterocycles. The minimum absolute atomic E-state index is 0.161. The highest BCUT2D eigenvalue weighted by molar-refractivity contribution is 5.73. The first kappa shape index (κ1) is 30.4. The van der Waals surface area contributed by atoms with Gasteiger partial charge in [0.1, 0.15) is 5.75 Å². The lowest BCUT2D eigenvalue weighted by Gasteiger charge is -2.16. The number of aromatic nitrogens is 1. The van der Waals surface area contributed by atoms with Crippen LogP contribution in [0.5, 0.6) is 5.75 Å². The van der Waals surface area contributed by atoms with Gasteiger partial charge >= 0.3 is 12.1 Å². The van der Waals surface area contributed by atoms with E-state index in [-0.39, 0.29) is 18.3 Å². The van der Waals surface area contributed by atoms with Gasteiger partial charge in [-0.1, -0.05) is 25.5 Å². The number of ether oxygens (including phenoxy) is 4. The monoisotopic (exact) mass is 517 g/mol. The average Bonchev–Trinajstić information content (AvgIpc) is 3.24. The first-order chi connectivity index (χ1) is 17.7. The van der Waals surface area contributed by atoms with E-state index in [1.807, 2.05) is 58.0 Å². The molecule has 1 heterocycles. The van der Waals surface area contributed by atoms with E-state index in [1.165, 1.54) is 0 Å². The van der Waals surface area contributed by atoms with Crippen molar-refractivity contribution in [2.75, 3.05) is 19.8 Å². The summed E-state index contributed by atoms with van der Waals surface area (Å²) >= 11 is 0. The van der Waals surface area contributed by atoms with Crippen LogP contribution in [0, 0.1) is 0 Å². The lowest BCUT2D eigenvalue weighted by atomic mass is 10.1. The molecule has 0 bridgehead atoms. The van der Waals surface area contributed by atoms with Gasteiger partial charge in [0.25, 0.3) is 0 Å². The van der Waals surface area contributed by atoms with Gasteiger partial charge in [-0.25, -0.2) is 9.59 Å². The minimum atomic E-state index is -0.969. The van der Waals surface area contributed by atoms with Crippen LogP contribution < -0.4 is 4.74 Å². The Hall–Kier alpha value is -2.84. The molecule has 8 nitrogen and oxygen atoms in total. The summed E-state index contributed by atoms with van der Waals surface area (Å²) in [5, 5.41) is 9.37. The van der Waals surface area contributed by atoms with Crippen molar-refractivity contribution in [3.05, 3.63) is 53.3 Å². The van der Waals surface area contributed by atoms with Gasteiger partial charge in [-0.2, -0.15) is 0 Å². The molecule has 0 radical (unpaired) electrons. The molecule has 2 rings (SSSR count). The van der Waals surface area contributed by atoms with Crippen LogP contribution in [0.15, 0.2) is 36.5 Å². The number of carbonyl (C=O) groups excluding carboxylic acids is 1. The highest BCUT2D eigenvalue weighted by Gasteiger charge is 2.20. The number of hydrogen-bond acceptors (Lipinski definition) is 6. The zero-order valence-corrected chi connectivity index (χ0v) is 22.9. The van der Waals surface area contributed by atoms with Crippen LogP contribution in [0.4, 0.5) is 4.79 Å². The maximum absolute atomic E-state index is 12.6. The molecule has 1 aromatic heterocycles. The van der Waals surface area contributed by atoms with Crippen LogP contribution in [-0.2, 0) is 38.3 Å². The van der Waals surface area contributed by atoms with Crippen LogP contribution in [0.2, 0.25) is 0 Å². The van der Waals surface area contributed by atoms with Crippen molar-refractivity contribution in [2.45, 2.75) is 91.5 Å². The molecule has 0 spiro atoms. The number of rotatable bonds is 17. The number of aliphatic carboxylic acids is 1. The highest BCUT2D eigenvalue weighted by Crippen LogP contribution is 2.18. The molecular formula is C29H43NO7. The summed E-state index contributed by atoms with van der Waals surface area (Å²) in [7, 11) is 0. The maximum atomic E-state index is 12.6. The minimum Gasteiger partial charge on any atom is -0.494 e. The van der Waals surface area contributed by atoms with Gasteiger partial charge in [-0.05, 0) is 82.7 Å². The third kappa shape index (κ3) is 11.0. The fourth-order valence-corrected chi connectivity index (χ4v) is 3.86. The van der Waals surface area contributed by atoms with E-state index in [9.17, 15) is 14.7 Å². The molecule has 0 aliphatic rings. The zero-order chi connectivity index (χ0) is 27.2. The number of carboxylic acids is 1. The average molecular weight is 518 g/mol. The van der Waals surface area contributed by atoms with Gasteiger partial charge in [0.05, 0.1) is 25.4 Å². The highest BCUT2D eigenvalue weighted by atomic mass is 16.6. The van der Waals surface area contributed by atoms with Gasteiger partial charge < -0.3 is 24.1 Å². The Morgan fingerprint density at radius 2 is 1.65 bits per heavy atom. The van der Waals surface area contributed by atoms with Crippen LogP contribution in [0.1, 0.15) is 70.7 Å². The van der Waals surface area contributed by atoms with Crippen molar-refractivity contribution in [3.8, 4) is 5.75 Å². The molecular weight excluding hydrogens is 474 g/mol. The van der Waals surface area contributed by atoms with E-state index < -0.39 is 12.1 Å². The normalized spacial score (nSPS) is 12.2. The van der Waals surface area contributed by atoms with E-state index in [4.69, 9.17) is 18.9 Å². The second kappa shape index (κ2) is 16.1. The number of hydrogen-bond donors (Lipinski definition) is 1. The van der Waals surface area contributed by atoms with Gasteiger partial charge in [0, 0.05) is 24.9 Å². The van der Waals surface area contributed by atoms with Crippen molar-refractivity contribution < 1.29 is 33.6 Å². The Labute approximate surface area is 220 Å². The molecule has 206 valence electrons. The molecule has 8 heteroatoms. The van der Waals surface area contributed by atoms with E-state index in [0.717, 1.165) is 42.7 Å². The van der Waals surface area contributed by atoms with E-state index in [1.54, 1.807) is 10.8 Å². The predicted octanol–water partition coefficient (Wildman–Crippen LogP) is 5.67. The van der Waals surface area contributed by atoms with Crippen LogP contribution in [0.25, 0.3) is 0 Å². The Morgan fingerprint density at radius 1 is 0.919 bits per heavy atom. The number of unbranched alkanes of at least 4 members (excludes halogenated alkanes) is 1. The second-order valence-electron chi connectivity index (χ2n) is 9.62. The largest absolute Gasteiger partial charge is 0.494 e. The standard InChI is InChI=1S/C29H43NO7/c1-6-7-17-34-19-15-24-14-16-30(29(33)37-22(4)5)26(24)9-8-18-35-25-12-10-23(11-13-25)20-27(28(31)32)36-21(2)3/h10-14,16,21-22,27H,6-9,15,17-20H2,1-5H3,(H,31,32). The number of benzene rings is 1. The summed E-state index contributed by atoms with van der Waals surface area (Å²) in [6.07, 6.45) is 4.71. The van der Waals surface area contributed by atoms with Crippen molar-refractivity contribution >= 4 is 12.1 Å². The lowest BCUT2D eigenvalue weighted by molar-refractivity contribution is -0.153. The Morgan fingerprint density at radius 3 is 2.27 bits per heavy atom. The first-order valence-corrected chi connectivity index (χ1v) is 13.3. The van der Waals surface area contributed by atoms with Crippen molar-refractivity contribution in [2.24, 2.45) is 0 Å². The van der Waals surface area contributed by atoms with Gasteiger partial charge in [-0.3, -0.25) is 4.57 Å². The molecule has 0 aliphatic carbocycles. The van der Waals surface area contributed by atoms with Crippen LogP contribution in [-0.4, -0.2) is 59.9 Å². The first-order valence-electron chi connectivity index (χ1n) is 13.3. The third-order valence-electron chi connectivity index (χ3n) is 5.66. The van der Waals surface area contributed by atoms with E-state index in [2.05, 4.69) is 6.92 Å². The Bertz CT molecular complexity index is 950. The van der Waals surface area contributed by atoms with Crippen molar-refractivity contribution in [1.82, 2.24) is 4.57 Å². The van der Waals surface area contributed by atoms with Gasteiger partial charge in [-0.15, -0.1) is 0 Å². The molecule has 1 atom stereocenters. The Balaban J connectivity index is 1.93. The fraction of sp³-hybridized carbons (Fsp3) is 0.586. The topological polar surface area (TPSA) is 96.2 Å². The molecule has 2 aromatic rings. The molecule has 0 saturated heterocycles. The van der Waals surface area contributed by atoms with E-state index >= 15 is 0 Å². The molecule has 1 aromatic carbocycles. The van der Waals surface area contributed by atoms with E-state index in [0.29, 0.717) is 38.2 Å². The lowest BCUT2D eigenvalue weighted by Crippen LogP contribution is -2.29. The summed E-state index contributed by atoms with van der Waals surface area (Å²) in [5.41, 5.74) is 2.87. The molecule has 0 amide bonds. The van der Waals surface area contributed by atoms with Crippen LogP contribution in [0.3, 0.4) is 0 Å². The molecule has 1 unspecified atom stereocenters. The number of carbonyl (C=O) groups is 2. The second-order valence-corrected chi connectivity index (χ2v) is 9.62. The van der Waals surface area contributed by atoms with Crippen molar-refractivity contribution in [1.29, 1.82) is 0 Å². The number of carboxylic acid groups (broad SMARTS) is 1. The van der Waals surface area contributed by atoms with Crippen LogP contribution >= 0.6 is 0 Å². The summed E-state index contributed by atoms with van der Waals surface area (Å²) in [6, 6.07) is 9.36. The van der Waals surface area contributed by atoms with Gasteiger partial charge in [0.2, 0.25) is 0 Å². The summed E-state index contributed by atoms with van der Waals surface area (Å²) in [4.78, 5) is 24.0. The quantitative estimate of drug-likeness (QED) is 0.270. The molecule has 0 saturated carbocycles. The number of nitrogens with zero attached hydrogens (tertiary/aromatic N) is 1. The molecule has 37 heavy (non-hydrogen) atoms. The Kier molecular flexibility index (Phi) is 13.2. The van der Waals surface area contributed by atoms with Gasteiger partial charge in [0.15, 0.2) is 6.10 Å². The fourth-order valence-electron chi connectivity index (χ4n) is 3.86. The third-order valence-corrected chi connectivity index (χ3v) is 5.66. The molecule has 1 N–H and O–H groups in total. The summed E-state index contributed by atoms with van der Waals surface area (Å²) in [5.74, 6) is -0.262. The molecule has 0 fully saturated rings.